The SMILES string of the molecule is CNC(=O)C(C)N(Cc1c(Cl)cccc1Cl)C(=O)CN(c1ccccc1F)S(C)(=O)=O. The number of carbonyl (C=O) groups excluding carboxylic acids is 2. The Kier molecular flexibility index (Phi) is 8.27. The van der Waals surface area contributed by atoms with Gasteiger partial charge in [-0.05, 0) is 31.2 Å². The molecule has 7 nitrogen and oxygen atoms in total. The van der Waals surface area contributed by atoms with Gasteiger partial charge in [-0.2, -0.15) is 0 Å². The number of amides is 2. The first-order valence-corrected chi connectivity index (χ1v) is 11.7. The number of carbonyl (C=O) groups is 2. The summed E-state index contributed by atoms with van der Waals surface area (Å²) >= 11 is 12.4. The lowest BCUT2D eigenvalue weighted by atomic mass is 10.1. The predicted octanol–water partition coefficient (Wildman–Crippen LogP) is 3.06. The molecule has 1 atom stereocenters. The second-order valence-electron chi connectivity index (χ2n) is 6.73. The highest BCUT2D eigenvalue weighted by Crippen LogP contribution is 2.27. The maximum absolute atomic E-state index is 14.3. The summed E-state index contributed by atoms with van der Waals surface area (Å²) in [5.74, 6) is -2.02. The van der Waals surface area contributed by atoms with Crippen molar-refractivity contribution in [2.24, 2.45) is 0 Å². The summed E-state index contributed by atoms with van der Waals surface area (Å²) in [7, 11) is -2.61. The maximum atomic E-state index is 14.3. The van der Waals surface area contributed by atoms with Crippen LogP contribution in [-0.4, -0.2) is 51.0 Å². The predicted molar refractivity (Wildman–Crippen MR) is 119 cm³/mol. The molecular weight excluding hydrogens is 468 g/mol. The lowest BCUT2D eigenvalue weighted by Gasteiger charge is -2.31. The van der Waals surface area contributed by atoms with Crippen LogP contribution in [-0.2, 0) is 26.2 Å². The number of anilines is 1. The Balaban J connectivity index is 2.46. The highest BCUT2D eigenvalue weighted by atomic mass is 35.5. The van der Waals surface area contributed by atoms with Gasteiger partial charge >= 0.3 is 0 Å². The van der Waals surface area contributed by atoms with Crippen LogP contribution in [0.25, 0.3) is 0 Å². The fourth-order valence-electron chi connectivity index (χ4n) is 2.89. The second-order valence-corrected chi connectivity index (χ2v) is 9.45. The molecule has 1 unspecified atom stereocenters. The summed E-state index contributed by atoms with van der Waals surface area (Å²) in [4.78, 5) is 26.6. The molecule has 0 radical (unpaired) electrons. The van der Waals surface area contributed by atoms with Crippen molar-refractivity contribution >= 4 is 50.7 Å². The van der Waals surface area contributed by atoms with Crippen LogP contribution in [0.5, 0.6) is 0 Å². The Morgan fingerprint density at radius 1 is 1.10 bits per heavy atom. The van der Waals surface area contributed by atoms with Crippen molar-refractivity contribution in [1.82, 2.24) is 10.2 Å². The highest BCUT2D eigenvalue weighted by molar-refractivity contribution is 7.92. The zero-order chi connectivity index (χ0) is 23.3. The summed E-state index contributed by atoms with van der Waals surface area (Å²) in [6.07, 6.45) is 0.865. The van der Waals surface area contributed by atoms with E-state index in [2.05, 4.69) is 5.32 Å². The van der Waals surface area contributed by atoms with Gasteiger partial charge in [0, 0.05) is 29.2 Å². The largest absolute Gasteiger partial charge is 0.357 e. The summed E-state index contributed by atoms with van der Waals surface area (Å²) in [6.45, 7) is 0.610. The van der Waals surface area contributed by atoms with E-state index < -0.39 is 40.2 Å². The Morgan fingerprint density at radius 3 is 2.19 bits per heavy atom. The van der Waals surface area contributed by atoms with Gasteiger partial charge in [0.2, 0.25) is 21.8 Å². The molecule has 0 aliphatic carbocycles. The zero-order valence-electron chi connectivity index (χ0n) is 17.1. The molecule has 0 aliphatic heterocycles. The number of halogens is 3. The third kappa shape index (κ3) is 6.09. The first-order valence-electron chi connectivity index (χ1n) is 9.13. The van der Waals surface area contributed by atoms with Gasteiger partial charge in [-0.3, -0.25) is 13.9 Å². The van der Waals surface area contributed by atoms with Gasteiger partial charge in [0.1, 0.15) is 18.4 Å². The summed E-state index contributed by atoms with van der Waals surface area (Å²) in [5.41, 5.74) is 0.119. The molecule has 2 aromatic carbocycles. The molecule has 0 spiro atoms. The van der Waals surface area contributed by atoms with Crippen molar-refractivity contribution in [2.45, 2.75) is 19.5 Å². The Hall–Kier alpha value is -2.36. The fraction of sp³-hybridized carbons (Fsp3) is 0.300. The molecule has 0 aromatic heterocycles. The molecule has 0 saturated carbocycles. The van der Waals surface area contributed by atoms with Crippen LogP contribution in [0.2, 0.25) is 10.0 Å². The Labute approximate surface area is 190 Å². The third-order valence-corrected chi connectivity index (χ3v) is 6.44. The van der Waals surface area contributed by atoms with E-state index in [-0.39, 0.29) is 22.3 Å². The van der Waals surface area contributed by atoms with Crippen LogP contribution >= 0.6 is 23.2 Å². The topological polar surface area (TPSA) is 86.8 Å². The molecule has 2 aromatic rings. The number of benzene rings is 2. The number of rotatable bonds is 8. The lowest BCUT2D eigenvalue weighted by molar-refractivity contribution is -0.139. The van der Waals surface area contributed by atoms with E-state index in [0.717, 1.165) is 17.2 Å². The first-order chi connectivity index (χ1) is 14.5. The molecular formula is C20H22Cl2FN3O4S. The van der Waals surface area contributed by atoms with Gasteiger partial charge in [0.15, 0.2) is 0 Å². The number of nitrogens with one attached hydrogen (secondary N) is 1. The second kappa shape index (κ2) is 10.3. The number of nitrogens with zero attached hydrogens (tertiary/aromatic N) is 2. The summed E-state index contributed by atoms with van der Waals surface area (Å²) < 4.78 is 39.6. The fourth-order valence-corrected chi connectivity index (χ4v) is 4.26. The molecule has 0 heterocycles. The maximum Gasteiger partial charge on any atom is 0.244 e. The Morgan fingerprint density at radius 2 is 1.68 bits per heavy atom. The van der Waals surface area contributed by atoms with E-state index >= 15 is 0 Å². The quantitative estimate of drug-likeness (QED) is 0.617. The van der Waals surface area contributed by atoms with Gasteiger partial charge in [-0.1, -0.05) is 41.4 Å². The minimum atomic E-state index is -4.02. The van der Waals surface area contributed by atoms with Gasteiger partial charge < -0.3 is 10.2 Å². The van der Waals surface area contributed by atoms with Crippen LogP contribution < -0.4 is 9.62 Å². The normalized spacial score (nSPS) is 12.2. The third-order valence-electron chi connectivity index (χ3n) is 4.60. The number of likely N-dealkylation sites (N-methyl/N-ethyl adjacent to an activating group) is 1. The van der Waals surface area contributed by atoms with Crippen LogP contribution in [0.4, 0.5) is 10.1 Å². The average molecular weight is 490 g/mol. The number of sulfonamides is 1. The molecule has 0 aliphatic rings. The zero-order valence-corrected chi connectivity index (χ0v) is 19.4. The molecule has 11 heteroatoms. The van der Waals surface area contributed by atoms with Crippen molar-refractivity contribution in [3.8, 4) is 0 Å². The summed E-state index contributed by atoms with van der Waals surface area (Å²) in [6, 6.07) is 9.01. The average Bonchev–Trinajstić information content (AvgIpc) is 2.70. The van der Waals surface area contributed by atoms with Gasteiger partial charge in [0.25, 0.3) is 0 Å². The van der Waals surface area contributed by atoms with Crippen LogP contribution in [0, 0.1) is 5.82 Å². The van der Waals surface area contributed by atoms with E-state index in [9.17, 15) is 22.4 Å². The standard InChI is InChI=1S/C20H22Cl2FN3O4S/c1-13(20(28)24-2)25(11-14-15(21)7-6-8-16(14)22)19(27)12-26(31(3,29)30)18-10-5-4-9-17(18)23/h4-10,13H,11-12H2,1-3H3,(H,24,28). The molecule has 0 fully saturated rings. The van der Waals surface area contributed by atoms with E-state index in [1.807, 2.05) is 0 Å². The van der Waals surface area contributed by atoms with E-state index in [0.29, 0.717) is 9.87 Å². The Bertz CT molecular complexity index is 1060. The smallest absolute Gasteiger partial charge is 0.244 e. The van der Waals surface area contributed by atoms with Gasteiger partial charge in [-0.15, -0.1) is 0 Å². The first kappa shape index (κ1) is 24.9. The molecule has 1 N–H and O–H groups in total. The van der Waals surface area contributed by atoms with Crippen molar-refractivity contribution in [3.63, 3.8) is 0 Å². The molecule has 0 bridgehead atoms. The van der Waals surface area contributed by atoms with E-state index in [1.54, 1.807) is 18.2 Å². The van der Waals surface area contributed by atoms with Crippen molar-refractivity contribution in [2.75, 3.05) is 24.2 Å². The van der Waals surface area contributed by atoms with Crippen molar-refractivity contribution in [3.05, 3.63) is 63.9 Å². The molecule has 31 heavy (non-hydrogen) atoms. The highest BCUT2D eigenvalue weighted by Gasteiger charge is 2.31. The van der Waals surface area contributed by atoms with E-state index in [4.69, 9.17) is 23.2 Å². The minimum absolute atomic E-state index is 0.152. The van der Waals surface area contributed by atoms with Crippen molar-refractivity contribution in [1.29, 1.82) is 0 Å². The number of hydrogen-bond donors (Lipinski definition) is 1. The van der Waals surface area contributed by atoms with Gasteiger partial charge in [0.05, 0.1) is 11.9 Å². The number of para-hydroxylation sites is 1. The molecule has 0 saturated heterocycles. The number of hydrogen-bond acceptors (Lipinski definition) is 4. The molecule has 2 amide bonds. The van der Waals surface area contributed by atoms with Crippen LogP contribution in [0.3, 0.4) is 0 Å². The van der Waals surface area contributed by atoms with E-state index in [1.165, 1.54) is 32.2 Å². The van der Waals surface area contributed by atoms with Crippen LogP contribution in [0.1, 0.15) is 12.5 Å². The monoisotopic (exact) mass is 489 g/mol. The lowest BCUT2D eigenvalue weighted by Crippen LogP contribution is -2.50. The molecule has 168 valence electrons. The summed E-state index contributed by atoms with van der Waals surface area (Å²) in [5, 5.41) is 3.01. The molecule has 2 rings (SSSR count). The van der Waals surface area contributed by atoms with Gasteiger partial charge in [-0.25, -0.2) is 12.8 Å². The van der Waals surface area contributed by atoms with Crippen LogP contribution in [0.15, 0.2) is 42.5 Å². The minimum Gasteiger partial charge on any atom is -0.357 e. The van der Waals surface area contributed by atoms with Crippen molar-refractivity contribution < 1.29 is 22.4 Å².